The number of hydrogen-bond acceptors (Lipinski definition) is 4. The van der Waals surface area contributed by atoms with E-state index in [1.165, 1.54) is 12.1 Å². The summed E-state index contributed by atoms with van der Waals surface area (Å²) in [5, 5.41) is 2.99. The summed E-state index contributed by atoms with van der Waals surface area (Å²) in [6.07, 6.45) is 2.59. The summed E-state index contributed by atoms with van der Waals surface area (Å²) < 4.78 is 25.3. The predicted molar refractivity (Wildman–Crippen MR) is 116 cm³/mol. The zero-order chi connectivity index (χ0) is 21.0. The second-order valence-corrected chi connectivity index (χ2v) is 7.41. The van der Waals surface area contributed by atoms with E-state index >= 15 is 0 Å². The van der Waals surface area contributed by atoms with Crippen LogP contribution in [0.2, 0.25) is 0 Å². The molecule has 29 heavy (non-hydrogen) atoms. The van der Waals surface area contributed by atoms with Crippen LogP contribution in [0.4, 0.5) is 10.1 Å². The molecule has 2 aromatic rings. The predicted octanol–water partition coefficient (Wildman–Crippen LogP) is 4.52. The maximum absolute atomic E-state index is 14.1. The third-order valence-corrected chi connectivity index (χ3v) is 4.71. The number of benzene rings is 2. The molecular weight excluding hydrogens is 391 g/mol. The largest absolute Gasteiger partial charge is 0.493 e. The quantitative estimate of drug-likeness (QED) is 0.533. The lowest BCUT2D eigenvalue weighted by Gasteiger charge is -2.14. The Morgan fingerprint density at radius 3 is 2.66 bits per heavy atom. The van der Waals surface area contributed by atoms with Crippen molar-refractivity contribution >= 4 is 35.0 Å². The maximum Gasteiger partial charge on any atom is 0.281 e. The fraction of sp³-hybridized carbons (Fsp3) is 0.273. The van der Waals surface area contributed by atoms with Crippen molar-refractivity contribution < 1.29 is 18.7 Å². The van der Waals surface area contributed by atoms with Gasteiger partial charge in [0.25, 0.3) is 5.91 Å². The molecule has 2 aromatic carbocycles. The Kier molecular flexibility index (Phi) is 6.49. The molecule has 1 fully saturated rings. The van der Waals surface area contributed by atoms with Crippen molar-refractivity contribution in [2.24, 2.45) is 5.92 Å². The fourth-order valence-electron chi connectivity index (χ4n) is 2.85. The number of methoxy groups -OCH3 is 1. The molecule has 1 saturated heterocycles. The van der Waals surface area contributed by atoms with Crippen LogP contribution in [0.1, 0.15) is 25.8 Å². The number of nitrogens with one attached hydrogen (secondary N) is 1. The molecule has 1 aliphatic heterocycles. The minimum atomic E-state index is -0.518. The molecule has 1 aliphatic rings. The number of hydrogen-bond donors (Lipinski definition) is 1. The number of halogens is 1. The topological polar surface area (TPSA) is 50.8 Å². The molecule has 152 valence electrons. The van der Waals surface area contributed by atoms with Crippen molar-refractivity contribution in [1.29, 1.82) is 0 Å². The number of nitrogens with zero attached hydrogens (tertiary/aromatic N) is 1. The van der Waals surface area contributed by atoms with Crippen molar-refractivity contribution in [2.45, 2.75) is 20.3 Å². The zero-order valence-corrected chi connectivity index (χ0v) is 17.4. The molecule has 1 amide bonds. The number of ether oxygens (including phenoxy) is 2. The van der Waals surface area contributed by atoms with Gasteiger partial charge in [0, 0.05) is 0 Å². The summed E-state index contributed by atoms with van der Waals surface area (Å²) in [5.74, 6) is 0.824. The average molecular weight is 415 g/mol. The Balaban J connectivity index is 1.82. The van der Waals surface area contributed by atoms with E-state index in [1.807, 2.05) is 6.07 Å². The Bertz CT molecular complexity index is 959. The Hall–Kier alpha value is -2.93. The summed E-state index contributed by atoms with van der Waals surface area (Å²) >= 11 is 5.23. The van der Waals surface area contributed by atoms with Gasteiger partial charge in [-0.25, -0.2) is 9.29 Å². The molecule has 1 heterocycles. The van der Waals surface area contributed by atoms with E-state index in [-0.39, 0.29) is 16.5 Å². The van der Waals surface area contributed by atoms with Crippen molar-refractivity contribution in [3.05, 3.63) is 59.5 Å². The first-order valence-corrected chi connectivity index (χ1v) is 9.74. The van der Waals surface area contributed by atoms with E-state index in [9.17, 15) is 9.18 Å². The van der Waals surface area contributed by atoms with Gasteiger partial charge in [-0.3, -0.25) is 4.79 Å². The molecule has 5 nitrogen and oxygen atoms in total. The standard InChI is InChI=1S/C22H23FN2O3S/c1-14(2)10-11-28-19-9-8-15(13-20(19)27-3)12-17-21(26)25(22(29)24-17)18-7-5-4-6-16(18)23/h4-9,12-14H,10-11H2,1-3H3,(H,24,29)/b17-12-. The van der Waals surface area contributed by atoms with Gasteiger partial charge in [-0.05, 0) is 60.5 Å². The normalized spacial score (nSPS) is 15.2. The number of amides is 1. The Labute approximate surface area is 175 Å². The molecular formula is C22H23FN2O3S. The number of rotatable bonds is 7. The monoisotopic (exact) mass is 414 g/mol. The van der Waals surface area contributed by atoms with Crippen LogP contribution >= 0.6 is 12.2 Å². The van der Waals surface area contributed by atoms with Crippen molar-refractivity contribution in [1.82, 2.24) is 5.32 Å². The van der Waals surface area contributed by atoms with Gasteiger partial charge in [0.1, 0.15) is 11.5 Å². The SMILES string of the molecule is COc1cc(/C=C2\NC(=S)N(c3ccccc3F)C2=O)ccc1OCCC(C)C. The van der Waals surface area contributed by atoms with Gasteiger partial charge in [-0.15, -0.1) is 0 Å². The highest BCUT2D eigenvalue weighted by atomic mass is 32.1. The highest BCUT2D eigenvalue weighted by Crippen LogP contribution is 2.30. The van der Waals surface area contributed by atoms with Crippen LogP contribution in [0.15, 0.2) is 48.2 Å². The van der Waals surface area contributed by atoms with Crippen LogP contribution in [0.5, 0.6) is 11.5 Å². The first-order valence-electron chi connectivity index (χ1n) is 9.33. The molecule has 7 heteroatoms. The van der Waals surface area contributed by atoms with E-state index in [2.05, 4.69) is 19.2 Å². The van der Waals surface area contributed by atoms with Gasteiger partial charge < -0.3 is 14.8 Å². The lowest BCUT2D eigenvalue weighted by molar-refractivity contribution is -0.113. The molecule has 0 unspecified atom stereocenters. The van der Waals surface area contributed by atoms with E-state index in [4.69, 9.17) is 21.7 Å². The third-order valence-electron chi connectivity index (χ3n) is 4.42. The molecule has 0 bridgehead atoms. The molecule has 0 spiro atoms. The van der Waals surface area contributed by atoms with Gasteiger partial charge >= 0.3 is 0 Å². The van der Waals surface area contributed by atoms with Crippen LogP contribution < -0.4 is 19.7 Å². The number of carbonyl (C=O) groups excluding carboxylic acids is 1. The zero-order valence-electron chi connectivity index (χ0n) is 16.6. The van der Waals surface area contributed by atoms with Gasteiger partial charge in [0.15, 0.2) is 16.6 Å². The van der Waals surface area contributed by atoms with Crippen molar-refractivity contribution in [3.63, 3.8) is 0 Å². The molecule has 3 rings (SSSR count). The van der Waals surface area contributed by atoms with E-state index in [0.29, 0.717) is 24.0 Å². The lowest BCUT2D eigenvalue weighted by atomic mass is 10.1. The number of thiocarbonyl (C=S) groups is 1. The van der Waals surface area contributed by atoms with Crippen LogP contribution in [0.25, 0.3) is 6.08 Å². The summed E-state index contributed by atoms with van der Waals surface area (Å²) in [4.78, 5) is 13.9. The molecule has 0 aromatic heterocycles. The maximum atomic E-state index is 14.1. The summed E-state index contributed by atoms with van der Waals surface area (Å²) in [6.45, 7) is 4.87. The first kappa shape index (κ1) is 20.8. The van der Waals surface area contributed by atoms with Gasteiger partial charge in [-0.1, -0.05) is 32.0 Å². The van der Waals surface area contributed by atoms with Gasteiger partial charge in [0.2, 0.25) is 0 Å². The second-order valence-electron chi connectivity index (χ2n) is 7.02. The Morgan fingerprint density at radius 2 is 1.97 bits per heavy atom. The lowest BCUT2D eigenvalue weighted by Crippen LogP contribution is -2.31. The summed E-state index contributed by atoms with van der Waals surface area (Å²) in [7, 11) is 1.57. The van der Waals surface area contributed by atoms with Crippen LogP contribution in [-0.2, 0) is 4.79 Å². The highest BCUT2D eigenvalue weighted by Gasteiger charge is 2.33. The molecule has 0 aliphatic carbocycles. The molecule has 0 atom stereocenters. The number of para-hydroxylation sites is 1. The third kappa shape index (κ3) is 4.74. The molecule has 0 saturated carbocycles. The van der Waals surface area contributed by atoms with Gasteiger partial charge in [-0.2, -0.15) is 0 Å². The molecule has 1 N–H and O–H groups in total. The number of carbonyl (C=O) groups is 1. The van der Waals surface area contributed by atoms with Gasteiger partial charge in [0.05, 0.1) is 19.4 Å². The van der Waals surface area contributed by atoms with Crippen LogP contribution in [0, 0.1) is 11.7 Å². The number of anilines is 1. The highest BCUT2D eigenvalue weighted by molar-refractivity contribution is 7.80. The first-order chi connectivity index (χ1) is 13.9. The van der Waals surface area contributed by atoms with E-state index in [0.717, 1.165) is 16.9 Å². The van der Waals surface area contributed by atoms with E-state index < -0.39 is 11.7 Å². The second kappa shape index (κ2) is 9.05. The Morgan fingerprint density at radius 1 is 1.21 bits per heavy atom. The minimum Gasteiger partial charge on any atom is -0.493 e. The van der Waals surface area contributed by atoms with Crippen LogP contribution in [-0.4, -0.2) is 24.7 Å². The van der Waals surface area contributed by atoms with E-state index in [1.54, 1.807) is 37.5 Å². The summed E-state index contributed by atoms with van der Waals surface area (Å²) in [5.41, 5.74) is 1.10. The van der Waals surface area contributed by atoms with Crippen LogP contribution in [0.3, 0.4) is 0 Å². The minimum absolute atomic E-state index is 0.116. The van der Waals surface area contributed by atoms with Crippen molar-refractivity contribution in [2.75, 3.05) is 18.6 Å². The van der Waals surface area contributed by atoms with Crippen molar-refractivity contribution in [3.8, 4) is 11.5 Å². The average Bonchev–Trinajstić information content (AvgIpc) is 2.96. The summed E-state index contributed by atoms with van der Waals surface area (Å²) in [6, 6.07) is 11.4. The fourth-order valence-corrected chi connectivity index (χ4v) is 3.14. The smallest absolute Gasteiger partial charge is 0.281 e. The molecule has 0 radical (unpaired) electrons.